The fraction of sp³-hybridized carbons (Fsp3) is 0.308. The van der Waals surface area contributed by atoms with E-state index in [1.807, 2.05) is 0 Å². The summed E-state index contributed by atoms with van der Waals surface area (Å²) in [5, 5.41) is 1.19. The quantitative estimate of drug-likeness (QED) is 0.675. The molecule has 0 saturated carbocycles. The van der Waals surface area contributed by atoms with Crippen LogP contribution in [0.15, 0.2) is 18.2 Å². The molecule has 0 fully saturated rings. The molecule has 1 aliphatic rings. The second-order valence-corrected chi connectivity index (χ2v) is 4.66. The topological polar surface area (TPSA) is 12.9 Å². The van der Waals surface area contributed by atoms with E-state index < -0.39 is 0 Å². The van der Waals surface area contributed by atoms with Crippen LogP contribution in [0, 0.1) is 5.82 Å². The van der Waals surface area contributed by atoms with Crippen molar-refractivity contribution in [2.75, 3.05) is 0 Å². The maximum absolute atomic E-state index is 14.2. The van der Waals surface area contributed by atoms with Crippen molar-refractivity contribution in [3.05, 3.63) is 40.3 Å². The molecule has 0 N–H and O–H groups in total. The number of fused-ring (bicyclic) bond motifs is 2. The first-order valence-electron chi connectivity index (χ1n) is 5.52. The summed E-state index contributed by atoms with van der Waals surface area (Å²) >= 11 is 5.89. The highest BCUT2D eigenvalue weighted by molar-refractivity contribution is 6.31. The monoisotopic (exact) mass is 235 g/mol. The first-order chi connectivity index (χ1) is 7.75. The average Bonchev–Trinajstić information content (AvgIpc) is 2.29. The maximum Gasteiger partial charge on any atom is 0.137 e. The van der Waals surface area contributed by atoms with E-state index in [4.69, 9.17) is 11.6 Å². The fourth-order valence-electron chi connectivity index (χ4n) is 2.34. The first-order valence-corrected chi connectivity index (χ1v) is 5.90. The van der Waals surface area contributed by atoms with Crippen LogP contribution in [0.1, 0.15) is 24.1 Å². The molecule has 0 unspecified atom stereocenters. The molecule has 0 aliphatic heterocycles. The molecule has 0 amide bonds. The standard InChI is InChI=1S/C13H11ClFN/c14-8-5-6-10-12(7-8)16-11-4-2-1-3-9(11)13(10)15/h5-7H,1-4H2. The van der Waals surface area contributed by atoms with Gasteiger partial charge in [-0.3, -0.25) is 4.98 Å². The molecule has 1 nitrogen and oxygen atoms in total. The van der Waals surface area contributed by atoms with Crippen molar-refractivity contribution >= 4 is 22.5 Å². The molecular weight excluding hydrogens is 225 g/mol. The third-order valence-corrected chi connectivity index (χ3v) is 3.39. The third-order valence-electron chi connectivity index (χ3n) is 3.16. The molecular formula is C13H11ClFN. The number of halogens is 2. The van der Waals surface area contributed by atoms with Crippen LogP contribution in [0.5, 0.6) is 0 Å². The minimum Gasteiger partial charge on any atom is -0.252 e. The molecule has 0 spiro atoms. The number of nitrogens with zero attached hydrogens (tertiary/aromatic N) is 1. The molecule has 0 atom stereocenters. The van der Waals surface area contributed by atoms with Gasteiger partial charge in [-0.1, -0.05) is 11.6 Å². The van der Waals surface area contributed by atoms with Gasteiger partial charge in [-0.05, 0) is 43.9 Å². The first kappa shape index (κ1) is 10.0. The Morgan fingerprint density at radius 2 is 2.00 bits per heavy atom. The molecule has 1 heterocycles. The zero-order chi connectivity index (χ0) is 11.1. The van der Waals surface area contributed by atoms with Crippen molar-refractivity contribution < 1.29 is 4.39 Å². The number of pyridine rings is 1. The predicted octanol–water partition coefficient (Wildman–Crippen LogP) is 3.91. The van der Waals surface area contributed by atoms with Crippen molar-refractivity contribution in [2.45, 2.75) is 25.7 Å². The fourth-order valence-corrected chi connectivity index (χ4v) is 2.51. The van der Waals surface area contributed by atoms with E-state index in [1.54, 1.807) is 18.2 Å². The lowest BCUT2D eigenvalue weighted by Gasteiger charge is -2.16. The Kier molecular flexibility index (Phi) is 2.32. The van der Waals surface area contributed by atoms with Gasteiger partial charge in [0.05, 0.1) is 5.52 Å². The highest BCUT2D eigenvalue weighted by Gasteiger charge is 2.17. The number of rotatable bonds is 0. The van der Waals surface area contributed by atoms with Gasteiger partial charge >= 0.3 is 0 Å². The van der Waals surface area contributed by atoms with E-state index in [2.05, 4.69) is 4.98 Å². The summed E-state index contributed by atoms with van der Waals surface area (Å²) in [5.74, 6) is -0.101. The van der Waals surface area contributed by atoms with Crippen molar-refractivity contribution in [3.8, 4) is 0 Å². The summed E-state index contributed by atoms with van der Waals surface area (Å²) in [6, 6.07) is 5.16. The van der Waals surface area contributed by atoms with Crippen molar-refractivity contribution in [1.29, 1.82) is 0 Å². The lowest BCUT2D eigenvalue weighted by molar-refractivity contribution is 0.581. The van der Waals surface area contributed by atoms with Gasteiger partial charge in [-0.15, -0.1) is 0 Å². The number of hydrogen-bond donors (Lipinski definition) is 0. The van der Waals surface area contributed by atoms with Crippen LogP contribution in [0.3, 0.4) is 0 Å². The second-order valence-electron chi connectivity index (χ2n) is 4.22. The molecule has 16 heavy (non-hydrogen) atoms. The van der Waals surface area contributed by atoms with Crippen LogP contribution in [-0.2, 0) is 12.8 Å². The lowest BCUT2D eigenvalue weighted by Crippen LogP contribution is -2.08. The molecule has 0 saturated heterocycles. The molecule has 3 rings (SSSR count). The summed E-state index contributed by atoms with van der Waals surface area (Å²) in [6.45, 7) is 0. The van der Waals surface area contributed by atoms with Gasteiger partial charge in [-0.2, -0.15) is 0 Å². The van der Waals surface area contributed by atoms with Gasteiger partial charge in [0.15, 0.2) is 0 Å². The van der Waals surface area contributed by atoms with E-state index in [-0.39, 0.29) is 5.82 Å². The Labute approximate surface area is 98.3 Å². The maximum atomic E-state index is 14.2. The average molecular weight is 236 g/mol. The molecule has 3 heteroatoms. The van der Waals surface area contributed by atoms with Crippen LogP contribution < -0.4 is 0 Å². The molecule has 0 radical (unpaired) electrons. The van der Waals surface area contributed by atoms with E-state index in [0.29, 0.717) is 15.9 Å². The Morgan fingerprint density at radius 3 is 2.88 bits per heavy atom. The highest BCUT2D eigenvalue weighted by atomic mass is 35.5. The number of aromatic nitrogens is 1. The van der Waals surface area contributed by atoms with Crippen molar-refractivity contribution in [2.24, 2.45) is 0 Å². The predicted molar refractivity (Wildman–Crippen MR) is 63.4 cm³/mol. The normalized spacial score (nSPS) is 15.1. The second kappa shape index (κ2) is 3.70. The highest BCUT2D eigenvalue weighted by Crippen LogP contribution is 2.28. The molecule has 0 bridgehead atoms. The Morgan fingerprint density at radius 1 is 1.19 bits per heavy atom. The van der Waals surface area contributed by atoms with Crippen molar-refractivity contribution in [1.82, 2.24) is 4.98 Å². The Balaban J connectivity index is 2.34. The number of hydrogen-bond acceptors (Lipinski definition) is 1. The van der Waals surface area contributed by atoms with Gasteiger partial charge in [-0.25, -0.2) is 4.39 Å². The molecule has 1 aromatic heterocycles. The van der Waals surface area contributed by atoms with Gasteiger partial charge in [0, 0.05) is 21.7 Å². The summed E-state index contributed by atoms with van der Waals surface area (Å²) in [6.07, 6.45) is 3.86. The summed E-state index contributed by atoms with van der Waals surface area (Å²) in [7, 11) is 0. The molecule has 1 aromatic carbocycles. The minimum absolute atomic E-state index is 0.101. The molecule has 82 valence electrons. The van der Waals surface area contributed by atoms with Gasteiger partial charge in [0.1, 0.15) is 5.82 Å². The van der Waals surface area contributed by atoms with Crippen LogP contribution >= 0.6 is 11.6 Å². The van der Waals surface area contributed by atoms with E-state index >= 15 is 0 Å². The lowest BCUT2D eigenvalue weighted by atomic mass is 9.94. The largest absolute Gasteiger partial charge is 0.252 e. The van der Waals surface area contributed by atoms with Crippen LogP contribution in [0.25, 0.3) is 10.9 Å². The number of aryl methyl sites for hydroxylation is 1. The summed E-state index contributed by atoms with van der Waals surface area (Å²) in [4.78, 5) is 4.51. The Bertz CT molecular complexity index is 565. The van der Waals surface area contributed by atoms with Gasteiger partial charge < -0.3 is 0 Å². The SMILES string of the molecule is Fc1c2c(nc3cc(Cl)ccc13)CCCC2. The van der Waals surface area contributed by atoms with E-state index in [1.165, 1.54) is 0 Å². The van der Waals surface area contributed by atoms with E-state index in [0.717, 1.165) is 36.9 Å². The van der Waals surface area contributed by atoms with Crippen molar-refractivity contribution in [3.63, 3.8) is 0 Å². The van der Waals surface area contributed by atoms with Gasteiger partial charge in [0.25, 0.3) is 0 Å². The molecule has 1 aliphatic carbocycles. The van der Waals surface area contributed by atoms with E-state index in [9.17, 15) is 4.39 Å². The van der Waals surface area contributed by atoms with Crippen LogP contribution in [0.4, 0.5) is 4.39 Å². The Hall–Kier alpha value is -1.15. The zero-order valence-corrected chi connectivity index (χ0v) is 9.52. The van der Waals surface area contributed by atoms with Gasteiger partial charge in [0.2, 0.25) is 0 Å². The minimum atomic E-state index is -0.101. The smallest absolute Gasteiger partial charge is 0.137 e. The molecule has 2 aromatic rings. The summed E-state index contributed by atoms with van der Waals surface area (Å²) < 4.78 is 14.2. The number of benzene rings is 1. The third kappa shape index (κ3) is 1.49. The van der Waals surface area contributed by atoms with Crippen LogP contribution in [0.2, 0.25) is 5.02 Å². The zero-order valence-electron chi connectivity index (χ0n) is 8.76. The van der Waals surface area contributed by atoms with Crippen LogP contribution in [-0.4, -0.2) is 4.98 Å². The summed E-state index contributed by atoms with van der Waals surface area (Å²) in [5.41, 5.74) is 2.39.